The van der Waals surface area contributed by atoms with Gasteiger partial charge in [-0.15, -0.1) is 0 Å². The maximum atomic E-state index is 2.54. The third kappa shape index (κ3) is 5.64. The van der Waals surface area contributed by atoms with Crippen molar-refractivity contribution in [2.75, 3.05) is 9.80 Å². The number of nitrogens with zero attached hydrogens (tertiary/aromatic N) is 2. The van der Waals surface area contributed by atoms with Gasteiger partial charge in [-0.25, -0.2) is 0 Å². The highest BCUT2D eigenvalue weighted by Crippen LogP contribution is 2.65. The molecule has 1 spiro atoms. The Labute approximate surface area is 415 Å². The molecule has 1 atom stereocenters. The van der Waals surface area contributed by atoms with Crippen LogP contribution in [0.3, 0.4) is 0 Å². The number of hydrogen-bond donors (Lipinski definition) is 0. The average molecular weight is 915 g/mol. The molecule has 0 radical (unpaired) electrons. The van der Waals surface area contributed by atoms with Crippen molar-refractivity contribution in [1.29, 1.82) is 0 Å². The molecule has 2 nitrogen and oxygen atoms in total. The number of fused-ring (bicyclic) bond motifs is 15. The molecule has 0 saturated heterocycles. The SMILES string of the molecule is CC1(C)c2ccccc2-c2ccc(N(c3ccccc3)c3ccc4c(c3)Sc3ccccc3C43c4ccccc4-c4cccc(N(c5ccccc5)c5ccc6c(c5)C(C)(C)c5ccccc5-6)c43)cc21. The van der Waals surface area contributed by atoms with Crippen LogP contribution in [0.5, 0.6) is 0 Å². The van der Waals surface area contributed by atoms with Gasteiger partial charge in [0.05, 0.1) is 11.1 Å². The van der Waals surface area contributed by atoms with E-state index in [1.165, 1.54) is 93.4 Å². The van der Waals surface area contributed by atoms with E-state index in [2.05, 4.69) is 268 Å². The normalized spacial score (nSPS) is 16.5. The topological polar surface area (TPSA) is 6.48 Å². The smallest absolute Gasteiger partial charge is 0.0755 e. The van der Waals surface area contributed by atoms with Crippen molar-refractivity contribution >= 4 is 45.9 Å². The molecule has 10 aromatic carbocycles. The van der Waals surface area contributed by atoms with E-state index < -0.39 is 5.41 Å². The lowest BCUT2D eigenvalue weighted by Gasteiger charge is -2.42. The van der Waals surface area contributed by atoms with Gasteiger partial charge in [-0.2, -0.15) is 0 Å². The van der Waals surface area contributed by atoms with Gasteiger partial charge in [-0.3, -0.25) is 0 Å². The summed E-state index contributed by atoms with van der Waals surface area (Å²) in [7, 11) is 0. The van der Waals surface area contributed by atoms with E-state index in [1.807, 2.05) is 11.8 Å². The molecule has 14 rings (SSSR count). The van der Waals surface area contributed by atoms with Gasteiger partial charge in [0.25, 0.3) is 0 Å². The summed E-state index contributed by atoms with van der Waals surface area (Å²) < 4.78 is 0. The highest BCUT2D eigenvalue weighted by Gasteiger charge is 2.52. The second kappa shape index (κ2) is 15.1. The zero-order chi connectivity index (χ0) is 46.9. The summed E-state index contributed by atoms with van der Waals surface area (Å²) in [5, 5.41) is 0. The first-order valence-corrected chi connectivity index (χ1v) is 25.4. The molecule has 1 heterocycles. The highest BCUT2D eigenvalue weighted by molar-refractivity contribution is 7.99. The number of rotatable bonds is 6. The molecular formula is C67H50N2S. The van der Waals surface area contributed by atoms with E-state index >= 15 is 0 Å². The Morgan fingerprint density at radius 1 is 0.286 bits per heavy atom. The minimum atomic E-state index is -0.627. The van der Waals surface area contributed by atoms with E-state index in [0.717, 1.165) is 28.4 Å². The minimum absolute atomic E-state index is 0.123. The standard InChI is InChI=1S/C67H50N2S/c1-65(2)54-28-14-11-24-48(54)51-37-34-45(40-59(51)65)68(43-20-7-5-8-21-43)47-36-39-58-63(42-47)70-62-33-18-17-31-57(62)67(58)56-30-16-13-26-50(56)53-27-19-32-61(64(53)67)69(44-22-9-6-10-23-44)46-35-38-52-49-25-12-15-29-55(49)66(3,4)60(52)41-46/h5-42H,1-4H3. The number of hydrogen-bond acceptors (Lipinski definition) is 3. The molecule has 0 N–H and O–H groups in total. The molecular weight excluding hydrogens is 865 g/mol. The predicted molar refractivity (Wildman–Crippen MR) is 292 cm³/mol. The fraction of sp³-hybridized carbons (Fsp3) is 0.104. The lowest BCUT2D eigenvalue weighted by molar-refractivity contribution is 0.660. The first kappa shape index (κ1) is 41.2. The summed E-state index contributed by atoms with van der Waals surface area (Å²) in [5.41, 5.74) is 24.6. The Hall–Kier alpha value is -7.85. The predicted octanol–water partition coefficient (Wildman–Crippen LogP) is 18.1. The van der Waals surface area contributed by atoms with Crippen LogP contribution in [-0.2, 0) is 16.2 Å². The van der Waals surface area contributed by atoms with Crippen LogP contribution in [0.1, 0.15) is 72.2 Å². The van der Waals surface area contributed by atoms with Crippen LogP contribution in [0.2, 0.25) is 0 Å². The fourth-order valence-electron chi connectivity index (χ4n) is 12.9. The van der Waals surface area contributed by atoms with Gasteiger partial charge in [-0.1, -0.05) is 197 Å². The quantitative estimate of drug-likeness (QED) is 0.164. The summed E-state index contributed by atoms with van der Waals surface area (Å²) >= 11 is 1.90. The van der Waals surface area contributed by atoms with Gasteiger partial charge in [0.15, 0.2) is 0 Å². The third-order valence-corrected chi connectivity index (χ3v) is 17.2. The molecule has 0 amide bonds. The van der Waals surface area contributed by atoms with Crippen molar-refractivity contribution in [3.8, 4) is 33.4 Å². The molecule has 0 fully saturated rings. The van der Waals surface area contributed by atoms with Crippen LogP contribution in [0.25, 0.3) is 33.4 Å². The second-order valence-electron chi connectivity index (χ2n) is 20.4. The van der Waals surface area contributed by atoms with Gasteiger partial charge in [0, 0.05) is 54.6 Å². The lowest BCUT2D eigenvalue weighted by Crippen LogP contribution is -2.33. The fourth-order valence-corrected chi connectivity index (χ4v) is 14.2. The molecule has 10 aromatic rings. The van der Waals surface area contributed by atoms with E-state index in [-0.39, 0.29) is 10.8 Å². The molecule has 1 aliphatic heterocycles. The van der Waals surface area contributed by atoms with Gasteiger partial charge in [0.1, 0.15) is 0 Å². The van der Waals surface area contributed by atoms with Crippen molar-refractivity contribution in [3.63, 3.8) is 0 Å². The lowest BCUT2D eigenvalue weighted by atomic mass is 9.66. The second-order valence-corrected chi connectivity index (χ2v) is 21.5. The number of benzene rings is 10. The van der Waals surface area contributed by atoms with E-state index in [1.54, 1.807) is 0 Å². The summed E-state index contributed by atoms with van der Waals surface area (Å²) in [4.78, 5) is 7.53. The molecule has 4 aliphatic rings. The molecule has 3 heteroatoms. The Kier molecular flexibility index (Phi) is 8.86. The van der Waals surface area contributed by atoms with E-state index in [9.17, 15) is 0 Å². The average Bonchev–Trinajstić information content (AvgIpc) is 3.92. The Balaban J connectivity index is 1.00. The van der Waals surface area contributed by atoms with Crippen LogP contribution >= 0.6 is 11.8 Å². The molecule has 70 heavy (non-hydrogen) atoms. The molecule has 0 bridgehead atoms. The summed E-state index contributed by atoms with van der Waals surface area (Å²) in [5.74, 6) is 0. The maximum Gasteiger partial charge on any atom is 0.0755 e. The van der Waals surface area contributed by atoms with Crippen LogP contribution < -0.4 is 9.80 Å². The molecule has 334 valence electrons. The van der Waals surface area contributed by atoms with Crippen molar-refractivity contribution < 1.29 is 0 Å². The summed E-state index contributed by atoms with van der Waals surface area (Å²) in [6.07, 6.45) is 0. The Morgan fingerprint density at radius 3 is 1.33 bits per heavy atom. The number of anilines is 6. The van der Waals surface area contributed by atoms with Gasteiger partial charge in [0.2, 0.25) is 0 Å². The zero-order valence-electron chi connectivity index (χ0n) is 39.7. The maximum absolute atomic E-state index is 2.54. The minimum Gasteiger partial charge on any atom is -0.310 e. The molecule has 1 unspecified atom stereocenters. The van der Waals surface area contributed by atoms with Crippen LogP contribution in [0, 0.1) is 0 Å². The van der Waals surface area contributed by atoms with E-state index in [0.29, 0.717) is 0 Å². The largest absolute Gasteiger partial charge is 0.310 e. The number of para-hydroxylation sites is 2. The first-order valence-electron chi connectivity index (χ1n) is 24.6. The molecule has 0 saturated carbocycles. The Morgan fingerprint density at radius 2 is 0.714 bits per heavy atom. The molecule has 3 aliphatic carbocycles. The molecule has 0 aromatic heterocycles. The van der Waals surface area contributed by atoms with Crippen LogP contribution in [0.15, 0.2) is 240 Å². The first-order chi connectivity index (χ1) is 34.2. The van der Waals surface area contributed by atoms with Crippen molar-refractivity contribution in [2.45, 2.75) is 53.7 Å². The summed E-state index contributed by atoms with van der Waals surface area (Å²) in [6.45, 7) is 9.50. The highest BCUT2D eigenvalue weighted by atomic mass is 32.2. The summed E-state index contributed by atoms with van der Waals surface area (Å²) in [6, 6.07) is 86.8. The van der Waals surface area contributed by atoms with Gasteiger partial charge in [-0.05, 0) is 145 Å². The van der Waals surface area contributed by atoms with Crippen LogP contribution in [-0.4, -0.2) is 0 Å². The van der Waals surface area contributed by atoms with Crippen molar-refractivity contribution in [1.82, 2.24) is 0 Å². The van der Waals surface area contributed by atoms with Crippen molar-refractivity contribution in [3.05, 3.63) is 275 Å². The van der Waals surface area contributed by atoms with Crippen LogP contribution in [0.4, 0.5) is 34.1 Å². The third-order valence-electron chi connectivity index (χ3n) is 16.1. The Bertz CT molecular complexity index is 3770. The van der Waals surface area contributed by atoms with E-state index in [4.69, 9.17) is 0 Å². The zero-order valence-corrected chi connectivity index (χ0v) is 40.6. The van der Waals surface area contributed by atoms with Gasteiger partial charge < -0.3 is 9.80 Å². The monoisotopic (exact) mass is 914 g/mol. The van der Waals surface area contributed by atoms with Crippen molar-refractivity contribution in [2.24, 2.45) is 0 Å². The van der Waals surface area contributed by atoms with Gasteiger partial charge >= 0.3 is 0 Å².